The van der Waals surface area contributed by atoms with Crippen LogP contribution in [0.3, 0.4) is 0 Å². The zero-order chi connectivity index (χ0) is 21.5. The van der Waals surface area contributed by atoms with E-state index >= 15 is 0 Å². The maximum Gasteiger partial charge on any atom is 0.416 e. The predicted octanol–water partition coefficient (Wildman–Crippen LogP) is 4.65. The number of halogens is 4. The Hall–Kier alpha value is -2.74. The van der Waals surface area contributed by atoms with E-state index in [2.05, 4.69) is 9.98 Å². The Labute approximate surface area is 176 Å². The van der Waals surface area contributed by atoms with Gasteiger partial charge in [-0.25, -0.2) is 4.98 Å². The molecule has 1 aromatic carbocycles. The number of benzene rings is 1. The van der Waals surface area contributed by atoms with Crippen molar-refractivity contribution >= 4 is 28.9 Å². The summed E-state index contributed by atoms with van der Waals surface area (Å²) >= 11 is 5.77. The van der Waals surface area contributed by atoms with Gasteiger partial charge in [0.05, 0.1) is 22.6 Å². The van der Waals surface area contributed by atoms with Gasteiger partial charge in [-0.3, -0.25) is 14.8 Å². The van der Waals surface area contributed by atoms with E-state index in [-0.39, 0.29) is 5.91 Å². The molecule has 1 aromatic heterocycles. The van der Waals surface area contributed by atoms with Crippen molar-refractivity contribution < 1.29 is 18.0 Å². The minimum absolute atomic E-state index is 0.144. The number of carbonyl (C=O) groups excluding carboxylic acids is 1. The summed E-state index contributed by atoms with van der Waals surface area (Å²) in [6, 6.07) is 8.32. The van der Waals surface area contributed by atoms with Gasteiger partial charge in [0.25, 0.3) is 5.91 Å². The first-order chi connectivity index (χ1) is 14.2. The number of rotatable bonds is 2. The summed E-state index contributed by atoms with van der Waals surface area (Å²) in [6.45, 7) is 2.64. The number of aromatic nitrogens is 1. The number of nitrogens with zero attached hydrogens (tertiary/aromatic N) is 4. The number of piperidine rings is 1. The van der Waals surface area contributed by atoms with Crippen molar-refractivity contribution in [3.8, 4) is 0 Å². The Morgan fingerprint density at radius 2 is 1.87 bits per heavy atom. The number of aliphatic imine (C=N–C) groups is 2. The van der Waals surface area contributed by atoms with E-state index < -0.39 is 17.4 Å². The molecule has 2 aliphatic heterocycles. The summed E-state index contributed by atoms with van der Waals surface area (Å²) < 4.78 is 39.2. The van der Waals surface area contributed by atoms with Gasteiger partial charge in [-0.05, 0) is 31.2 Å². The maximum absolute atomic E-state index is 13.1. The van der Waals surface area contributed by atoms with Gasteiger partial charge in [0, 0.05) is 37.7 Å². The van der Waals surface area contributed by atoms with E-state index in [4.69, 9.17) is 16.6 Å². The molecule has 0 saturated carbocycles. The van der Waals surface area contributed by atoms with Crippen LogP contribution in [0.15, 0.2) is 52.6 Å². The topological polar surface area (TPSA) is 57.9 Å². The number of alkyl halides is 3. The number of hydrogen-bond donors (Lipinski definition) is 0. The molecule has 0 atom stereocenters. The average Bonchev–Trinajstić information content (AvgIpc) is 3.04. The highest BCUT2D eigenvalue weighted by Gasteiger charge is 2.40. The van der Waals surface area contributed by atoms with Crippen LogP contribution in [0, 0.1) is 0 Å². The van der Waals surface area contributed by atoms with E-state index in [1.165, 1.54) is 12.3 Å². The molecule has 0 aliphatic carbocycles. The van der Waals surface area contributed by atoms with E-state index in [9.17, 15) is 18.0 Å². The Kier molecular flexibility index (Phi) is 5.13. The van der Waals surface area contributed by atoms with Crippen LogP contribution in [0.25, 0.3) is 0 Å². The lowest BCUT2D eigenvalue weighted by Gasteiger charge is -2.35. The first-order valence-corrected chi connectivity index (χ1v) is 9.80. The van der Waals surface area contributed by atoms with E-state index in [1.807, 2.05) is 0 Å². The normalized spacial score (nSPS) is 18.4. The van der Waals surface area contributed by atoms with Crippen molar-refractivity contribution in [3.05, 3.63) is 64.4 Å². The maximum atomic E-state index is 13.1. The Bertz CT molecular complexity index is 1040. The first kappa shape index (κ1) is 20.5. The molecule has 9 heteroatoms. The molecule has 0 N–H and O–H groups in total. The molecule has 1 fully saturated rings. The zero-order valence-corrected chi connectivity index (χ0v) is 16.8. The SMILES string of the molecule is CC1=NC2(CCN(C(=O)c3ccc(Cl)nc3)CC2)N=C1c1cccc(C(F)(F)F)c1. The molecule has 0 unspecified atom stereocenters. The fourth-order valence-corrected chi connectivity index (χ4v) is 3.88. The quantitative estimate of drug-likeness (QED) is 0.646. The second-order valence-corrected chi connectivity index (χ2v) is 7.77. The molecular formula is C21H18ClF3N4O. The van der Waals surface area contributed by atoms with Gasteiger partial charge in [-0.15, -0.1) is 0 Å². The summed E-state index contributed by atoms with van der Waals surface area (Å²) in [5.41, 5.74) is 0.485. The number of likely N-dealkylation sites (tertiary alicyclic amines) is 1. The minimum atomic E-state index is -4.42. The highest BCUT2D eigenvalue weighted by Crippen LogP contribution is 2.35. The molecule has 2 aliphatic rings. The van der Waals surface area contributed by atoms with Crippen LogP contribution in [0.1, 0.15) is 41.3 Å². The fourth-order valence-electron chi connectivity index (χ4n) is 3.77. The molecule has 0 bridgehead atoms. The molecule has 5 nitrogen and oxygen atoms in total. The highest BCUT2D eigenvalue weighted by molar-refractivity contribution is 6.48. The van der Waals surface area contributed by atoms with Gasteiger partial charge in [0.2, 0.25) is 0 Å². The fraction of sp³-hybridized carbons (Fsp3) is 0.333. The molecule has 3 heterocycles. The summed E-state index contributed by atoms with van der Waals surface area (Å²) in [5, 5.41) is 0.316. The van der Waals surface area contributed by atoms with Crippen LogP contribution in [0.5, 0.6) is 0 Å². The third kappa shape index (κ3) is 3.96. The number of carbonyl (C=O) groups is 1. The summed E-state index contributed by atoms with van der Waals surface area (Å²) in [6.07, 6.45) is -1.98. The van der Waals surface area contributed by atoms with Gasteiger partial charge in [0.1, 0.15) is 5.15 Å². The van der Waals surface area contributed by atoms with Crippen molar-refractivity contribution in [3.63, 3.8) is 0 Å². The largest absolute Gasteiger partial charge is 0.416 e. The molecule has 1 amide bonds. The molecule has 0 radical (unpaired) electrons. The Morgan fingerprint density at radius 1 is 1.13 bits per heavy atom. The average molecular weight is 435 g/mol. The Balaban J connectivity index is 1.51. The first-order valence-electron chi connectivity index (χ1n) is 9.42. The minimum Gasteiger partial charge on any atom is -0.338 e. The van der Waals surface area contributed by atoms with Crippen molar-refractivity contribution in [2.75, 3.05) is 13.1 Å². The molecule has 156 valence electrons. The van der Waals surface area contributed by atoms with Crippen LogP contribution < -0.4 is 0 Å². The molecule has 4 rings (SSSR count). The summed E-state index contributed by atoms with van der Waals surface area (Å²) in [5.74, 6) is -0.144. The van der Waals surface area contributed by atoms with Gasteiger partial charge >= 0.3 is 6.18 Å². The van der Waals surface area contributed by atoms with Gasteiger partial charge in [-0.1, -0.05) is 23.7 Å². The molecule has 1 spiro atoms. The summed E-state index contributed by atoms with van der Waals surface area (Å²) in [7, 11) is 0. The highest BCUT2D eigenvalue weighted by atomic mass is 35.5. The van der Waals surface area contributed by atoms with Gasteiger partial charge < -0.3 is 4.90 Å². The Morgan fingerprint density at radius 3 is 2.50 bits per heavy atom. The van der Waals surface area contributed by atoms with Crippen LogP contribution in [-0.2, 0) is 6.18 Å². The number of amides is 1. The molecule has 1 saturated heterocycles. The van der Waals surface area contributed by atoms with Crippen molar-refractivity contribution in [2.45, 2.75) is 31.6 Å². The van der Waals surface area contributed by atoms with Crippen molar-refractivity contribution in [2.24, 2.45) is 9.98 Å². The van der Waals surface area contributed by atoms with Crippen LogP contribution >= 0.6 is 11.6 Å². The van der Waals surface area contributed by atoms with Crippen LogP contribution in [0.4, 0.5) is 13.2 Å². The van der Waals surface area contributed by atoms with Gasteiger partial charge in [0.15, 0.2) is 5.66 Å². The molecule has 2 aromatic rings. The van der Waals surface area contributed by atoms with E-state index in [0.717, 1.165) is 12.1 Å². The standard InChI is InChI=1S/C21H18ClF3N4O/c1-13-18(14-3-2-4-16(11-14)21(23,24)25)28-20(27-13)7-9-29(10-8-20)19(30)15-5-6-17(22)26-12-15/h2-6,11-12H,7-10H2,1H3. The smallest absolute Gasteiger partial charge is 0.338 e. The molecular weight excluding hydrogens is 417 g/mol. The number of hydrogen-bond acceptors (Lipinski definition) is 4. The second kappa shape index (κ2) is 7.50. The third-order valence-electron chi connectivity index (χ3n) is 5.33. The summed E-state index contributed by atoms with van der Waals surface area (Å²) in [4.78, 5) is 27.7. The number of pyridine rings is 1. The third-order valence-corrected chi connectivity index (χ3v) is 5.55. The monoisotopic (exact) mass is 434 g/mol. The van der Waals surface area contributed by atoms with E-state index in [0.29, 0.717) is 53.6 Å². The molecule has 30 heavy (non-hydrogen) atoms. The lowest BCUT2D eigenvalue weighted by Crippen LogP contribution is -2.44. The lowest BCUT2D eigenvalue weighted by atomic mass is 9.98. The van der Waals surface area contributed by atoms with Crippen molar-refractivity contribution in [1.29, 1.82) is 0 Å². The van der Waals surface area contributed by atoms with Crippen molar-refractivity contribution in [1.82, 2.24) is 9.88 Å². The van der Waals surface area contributed by atoms with E-state index in [1.54, 1.807) is 30.0 Å². The van der Waals surface area contributed by atoms with Gasteiger partial charge in [-0.2, -0.15) is 13.2 Å². The predicted molar refractivity (Wildman–Crippen MR) is 108 cm³/mol. The van der Waals surface area contributed by atoms with Crippen LogP contribution in [-0.4, -0.2) is 46.0 Å². The zero-order valence-electron chi connectivity index (χ0n) is 16.1. The lowest BCUT2D eigenvalue weighted by molar-refractivity contribution is -0.137. The van der Waals surface area contributed by atoms with Crippen LogP contribution in [0.2, 0.25) is 5.15 Å². The second-order valence-electron chi connectivity index (χ2n) is 7.38.